The first kappa shape index (κ1) is 23.9. The summed E-state index contributed by atoms with van der Waals surface area (Å²) in [6.07, 6.45) is 1.97. The van der Waals surface area contributed by atoms with E-state index in [2.05, 4.69) is 15.5 Å². The van der Waals surface area contributed by atoms with E-state index in [1.165, 1.54) is 6.07 Å². The number of carbonyl (C=O) groups is 1. The van der Waals surface area contributed by atoms with Gasteiger partial charge in [-0.15, -0.1) is 24.0 Å². The quantitative estimate of drug-likeness (QED) is 0.331. The van der Waals surface area contributed by atoms with Gasteiger partial charge in [-0.2, -0.15) is 0 Å². The van der Waals surface area contributed by atoms with E-state index < -0.39 is 0 Å². The third kappa shape index (κ3) is 6.53. The molecular formula is C21H33FIN5O. The smallest absolute Gasteiger partial charge is 0.219 e. The summed E-state index contributed by atoms with van der Waals surface area (Å²) in [5.74, 6) is 0.813. The SMILES string of the molecule is CCNC(=NCC1(c2ccccc2F)CC1)NCCN1CCN(C(C)=O)CC1.I. The Balaban J connectivity index is 0.00000300. The third-order valence-corrected chi connectivity index (χ3v) is 5.72. The highest BCUT2D eigenvalue weighted by molar-refractivity contribution is 14.0. The number of nitrogens with one attached hydrogen (secondary N) is 2. The molecular weight excluding hydrogens is 484 g/mol. The maximum absolute atomic E-state index is 14.2. The molecule has 29 heavy (non-hydrogen) atoms. The van der Waals surface area contributed by atoms with Crippen molar-refractivity contribution in [2.24, 2.45) is 4.99 Å². The minimum absolute atomic E-state index is 0. The number of amides is 1. The molecule has 1 aromatic carbocycles. The molecule has 1 saturated carbocycles. The summed E-state index contributed by atoms with van der Waals surface area (Å²) in [4.78, 5) is 20.4. The molecule has 0 radical (unpaired) electrons. The predicted octanol–water partition coefficient (Wildman–Crippen LogP) is 2.19. The molecule has 1 aliphatic carbocycles. The van der Waals surface area contributed by atoms with E-state index in [0.717, 1.165) is 70.2 Å². The minimum atomic E-state index is -0.142. The fourth-order valence-electron chi connectivity index (χ4n) is 3.75. The number of guanidine groups is 1. The van der Waals surface area contributed by atoms with Crippen LogP contribution in [0.1, 0.15) is 32.3 Å². The van der Waals surface area contributed by atoms with Gasteiger partial charge in [-0.3, -0.25) is 14.7 Å². The highest BCUT2D eigenvalue weighted by atomic mass is 127. The molecule has 6 nitrogen and oxygen atoms in total. The number of benzene rings is 1. The first-order valence-electron chi connectivity index (χ1n) is 10.3. The number of nitrogens with zero attached hydrogens (tertiary/aromatic N) is 3. The van der Waals surface area contributed by atoms with Gasteiger partial charge in [0.1, 0.15) is 5.82 Å². The van der Waals surface area contributed by atoms with E-state index in [-0.39, 0.29) is 41.1 Å². The molecule has 0 spiro atoms. The molecule has 162 valence electrons. The monoisotopic (exact) mass is 517 g/mol. The summed E-state index contributed by atoms with van der Waals surface area (Å²) in [6.45, 7) is 10.2. The second-order valence-corrected chi connectivity index (χ2v) is 7.73. The Morgan fingerprint density at radius 3 is 2.45 bits per heavy atom. The van der Waals surface area contributed by atoms with Crippen molar-refractivity contribution in [1.82, 2.24) is 20.4 Å². The van der Waals surface area contributed by atoms with E-state index in [0.29, 0.717) is 6.54 Å². The highest BCUT2D eigenvalue weighted by Gasteiger charge is 2.45. The van der Waals surface area contributed by atoms with E-state index in [9.17, 15) is 9.18 Å². The van der Waals surface area contributed by atoms with Crippen LogP contribution in [0.15, 0.2) is 29.3 Å². The number of hydrogen-bond donors (Lipinski definition) is 2. The number of aliphatic imine (C=N–C) groups is 1. The number of carbonyl (C=O) groups excluding carboxylic acids is 1. The highest BCUT2D eigenvalue weighted by Crippen LogP contribution is 2.49. The van der Waals surface area contributed by atoms with Crippen molar-refractivity contribution < 1.29 is 9.18 Å². The van der Waals surface area contributed by atoms with Gasteiger partial charge in [0, 0.05) is 58.2 Å². The summed E-state index contributed by atoms with van der Waals surface area (Å²) in [7, 11) is 0. The summed E-state index contributed by atoms with van der Waals surface area (Å²) in [5.41, 5.74) is 0.648. The van der Waals surface area contributed by atoms with E-state index in [4.69, 9.17) is 4.99 Å². The second-order valence-electron chi connectivity index (χ2n) is 7.73. The second kappa shape index (κ2) is 11.1. The van der Waals surface area contributed by atoms with Crippen LogP contribution in [0, 0.1) is 5.82 Å². The lowest BCUT2D eigenvalue weighted by Crippen LogP contribution is -2.50. The predicted molar refractivity (Wildman–Crippen MR) is 125 cm³/mol. The van der Waals surface area contributed by atoms with Crippen LogP contribution in [0.2, 0.25) is 0 Å². The summed E-state index contributed by atoms with van der Waals surface area (Å²) in [6, 6.07) is 7.06. The molecule has 0 bridgehead atoms. The lowest BCUT2D eigenvalue weighted by atomic mass is 9.95. The fraction of sp³-hybridized carbons (Fsp3) is 0.619. The lowest BCUT2D eigenvalue weighted by molar-refractivity contribution is -0.130. The number of rotatable bonds is 7. The van der Waals surface area contributed by atoms with Crippen LogP contribution in [0.3, 0.4) is 0 Å². The van der Waals surface area contributed by atoms with Crippen LogP contribution in [0.4, 0.5) is 4.39 Å². The number of hydrogen-bond acceptors (Lipinski definition) is 3. The van der Waals surface area contributed by atoms with Crippen LogP contribution in [0.5, 0.6) is 0 Å². The first-order valence-corrected chi connectivity index (χ1v) is 10.3. The van der Waals surface area contributed by atoms with Gasteiger partial charge in [0.25, 0.3) is 0 Å². The van der Waals surface area contributed by atoms with Gasteiger partial charge < -0.3 is 15.5 Å². The van der Waals surface area contributed by atoms with Gasteiger partial charge in [-0.05, 0) is 31.4 Å². The van der Waals surface area contributed by atoms with Gasteiger partial charge in [0.05, 0.1) is 6.54 Å². The molecule has 0 atom stereocenters. The van der Waals surface area contributed by atoms with Gasteiger partial charge in [0.15, 0.2) is 5.96 Å². The van der Waals surface area contributed by atoms with Crippen molar-refractivity contribution >= 4 is 35.8 Å². The molecule has 1 aliphatic heterocycles. The zero-order valence-corrected chi connectivity index (χ0v) is 19.7. The molecule has 3 rings (SSSR count). The van der Waals surface area contributed by atoms with Crippen molar-refractivity contribution in [3.8, 4) is 0 Å². The van der Waals surface area contributed by atoms with Gasteiger partial charge >= 0.3 is 0 Å². The van der Waals surface area contributed by atoms with Crippen LogP contribution >= 0.6 is 24.0 Å². The van der Waals surface area contributed by atoms with Crippen molar-refractivity contribution in [3.05, 3.63) is 35.6 Å². The zero-order chi connectivity index (χ0) is 20.0. The number of halogens is 2. The van der Waals surface area contributed by atoms with Crippen LogP contribution in [-0.2, 0) is 10.2 Å². The molecule has 1 saturated heterocycles. The zero-order valence-electron chi connectivity index (χ0n) is 17.4. The maximum Gasteiger partial charge on any atom is 0.219 e. The summed E-state index contributed by atoms with van der Waals surface area (Å²) in [5, 5.41) is 6.67. The normalized spacial score (nSPS) is 18.7. The topological polar surface area (TPSA) is 60.0 Å². The maximum atomic E-state index is 14.2. The Hall–Kier alpha value is -1.42. The molecule has 2 aliphatic rings. The first-order chi connectivity index (χ1) is 13.5. The van der Waals surface area contributed by atoms with E-state index >= 15 is 0 Å². The largest absolute Gasteiger partial charge is 0.357 e. The Labute approximate surface area is 190 Å². The fourth-order valence-corrected chi connectivity index (χ4v) is 3.75. The Bertz CT molecular complexity index is 702. The third-order valence-electron chi connectivity index (χ3n) is 5.72. The molecule has 8 heteroatoms. The van der Waals surface area contributed by atoms with Crippen molar-refractivity contribution in [3.63, 3.8) is 0 Å². The summed E-state index contributed by atoms with van der Waals surface area (Å²) >= 11 is 0. The average molecular weight is 517 g/mol. The van der Waals surface area contributed by atoms with Gasteiger partial charge in [-0.1, -0.05) is 18.2 Å². The van der Waals surface area contributed by atoms with E-state index in [1.54, 1.807) is 13.0 Å². The van der Waals surface area contributed by atoms with Crippen molar-refractivity contribution in [2.75, 3.05) is 52.4 Å². The molecule has 1 aromatic rings. The van der Waals surface area contributed by atoms with Crippen LogP contribution in [-0.4, -0.2) is 74.0 Å². The molecule has 1 heterocycles. The molecule has 0 unspecified atom stereocenters. The van der Waals surface area contributed by atoms with Crippen molar-refractivity contribution in [1.29, 1.82) is 0 Å². The molecule has 2 N–H and O–H groups in total. The van der Waals surface area contributed by atoms with Gasteiger partial charge in [0.2, 0.25) is 5.91 Å². The average Bonchev–Trinajstić information content (AvgIpc) is 3.48. The van der Waals surface area contributed by atoms with Crippen LogP contribution < -0.4 is 10.6 Å². The molecule has 1 amide bonds. The van der Waals surface area contributed by atoms with Crippen molar-refractivity contribution in [2.45, 2.75) is 32.1 Å². The summed E-state index contributed by atoms with van der Waals surface area (Å²) < 4.78 is 14.2. The Kier molecular flexibility index (Phi) is 9.13. The molecule has 2 fully saturated rings. The Morgan fingerprint density at radius 1 is 1.17 bits per heavy atom. The lowest BCUT2D eigenvalue weighted by Gasteiger charge is -2.34. The number of piperazine rings is 1. The van der Waals surface area contributed by atoms with Crippen LogP contribution in [0.25, 0.3) is 0 Å². The van der Waals surface area contributed by atoms with Gasteiger partial charge in [-0.25, -0.2) is 4.39 Å². The molecule has 0 aromatic heterocycles. The van der Waals surface area contributed by atoms with E-state index in [1.807, 2.05) is 24.0 Å². The standard InChI is InChI=1S/C21H32FN5O.HI/c1-3-23-20(24-10-11-26-12-14-27(15-13-26)17(2)28)25-16-21(8-9-21)18-6-4-5-7-19(18)22;/h4-7H,3,8-16H2,1-2H3,(H2,23,24,25);1H. The Morgan fingerprint density at radius 2 is 1.86 bits per heavy atom. The minimum Gasteiger partial charge on any atom is -0.357 e.